The first-order valence-corrected chi connectivity index (χ1v) is 4.59. The lowest BCUT2D eigenvalue weighted by molar-refractivity contribution is 0.0898. The lowest BCUT2D eigenvalue weighted by Crippen LogP contribution is -2.35. The van der Waals surface area contributed by atoms with E-state index in [2.05, 4.69) is 19.2 Å². The Morgan fingerprint density at radius 1 is 1.25 bits per heavy atom. The molecule has 0 aliphatic rings. The van der Waals surface area contributed by atoms with Crippen LogP contribution in [-0.2, 0) is 0 Å². The Bertz CT molecular complexity index is 107. The largest absolute Gasteiger partial charge is 0.395 e. The van der Waals surface area contributed by atoms with Gasteiger partial charge in [-0.15, -0.1) is 0 Å². The van der Waals surface area contributed by atoms with Gasteiger partial charge in [-0.05, 0) is 11.8 Å². The van der Waals surface area contributed by atoms with Crippen LogP contribution < -0.4 is 5.32 Å². The van der Waals surface area contributed by atoms with Gasteiger partial charge in [-0.25, -0.2) is 0 Å². The van der Waals surface area contributed by atoms with Gasteiger partial charge < -0.3 is 15.5 Å². The Morgan fingerprint density at radius 2 is 1.83 bits per heavy atom. The van der Waals surface area contributed by atoms with Gasteiger partial charge in [-0.2, -0.15) is 0 Å². The molecule has 0 heterocycles. The molecule has 0 saturated heterocycles. The van der Waals surface area contributed by atoms with Crippen LogP contribution in [0.15, 0.2) is 0 Å². The summed E-state index contributed by atoms with van der Waals surface area (Å²) in [5.41, 5.74) is 0. The first-order valence-electron chi connectivity index (χ1n) is 4.59. The van der Waals surface area contributed by atoms with Crippen LogP contribution in [0.1, 0.15) is 20.8 Å². The van der Waals surface area contributed by atoms with Crippen LogP contribution in [0.2, 0.25) is 0 Å². The van der Waals surface area contributed by atoms with Gasteiger partial charge in [0.15, 0.2) is 0 Å². The molecule has 0 fully saturated rings. The predicted molar refractivity (Wildman–Crippen MR) is 50.0 cm³/mol. The maximum absolute atomic E-state index is 9.57. The van der Waals surface area contributed by atoms with Crippen LogP contribution in [0.25, 0.3) is 0 Å². The van der Waals surface area contributed by atoms with E-state index in [9.17, 15) is 5.11 Å². The molecular formula is C9H21NO2. The third-order valence-electron chi connectivity index (χ3n) is 2.30. The third kappa shape index (κ3) is 4.70. The number of rotatable bonds is 6. The first kappa shape index (κ1) is 11.9. The molecule has 0 aliphatic heterocycles. The van der Waals surface area contributed by atoms with Gasteiger partial charge in [-0.3, -0.25) is 0 Å². The van der Waals surface area contributed by atoms with E-state index in [-0.39, 0.29) is 12.7 Å². The average molecular weight is 175 g/mol. The van der Waals surface area contributed by atoms with Crippen LogP contribution >= 0.6 is 0 Å². The van der Waals surface area contributed by atoms with E-state index in [1.54, 1.807) is 0 Å². The highest BCUT2D eigenvalue weighted by Crippen LogP contribution is 2.13. The maximum Gasteiger partial charge on any atom is 0.0692 e. The molecule has 3 heteroatoms. The van der Waals surface area contributed by atoms with Gasteiger partial charge in [-0.1, -0.05) is 20.8 Å². The highest BCUT2D eigenvalue weighted by molar-refractivity contribution is 4.69. The van der Waals surface area contributed by atoms with E-state index in [0.29, 0.717) is 24.9 Å². The molecule has 12 heavy (non-hydrogen) atoms. The fourth-order valence-corrected chi connectivity index (χ4v) is 0.959. The summed E-state index contributed by atoms with van der Waals surface area (Å²) in [6.45, 7) is 7.49. The predicted octanol–water partition coefficient (Wildman–Crippen LogP) is 0.221. The Hall–Kier alpha value is -0.120. The molecule has 3 nitrogen and oxygen atoms in total. The van der Waals surface area contributed by atoms with Crippen molar-refractivity contribution < 1.29 is 10.2 Å². The molecule has 0 saturated carbocycles. The van der Waals surface area contributed by atoms with Crippen molar-refractivity contribution in [2.45, 2.75) is 26.9 Å². The van der Waals surface area contributed by atoms with Gasteiger partial charge >= 0.3 is 0 Å². The van der Waals surface area contributed by atoms with E-state index in [0.717, 1.165) is 0 Å². The van der Waals surface area contributed by atoms with Crippen LogP contribution in [0.4, 0.5) is 0 Å². The zero-order valence-corrected chi connectivity index (χ0v) is 8.25. The van der Waals surface area contributed by atoms with Crippen molar-refractivity contribution >= 4 is 0 Å². The zero-order valence-electron chi connectivity index (χ0n) is 8.25. The van der Waals surface area contributed by atoms with E-state index in [4.69, 9.17) is 5.11 Å². The molecule has 0 spiro atoms. The average Bonchev–Trinajstić information content (AvgIpc) is 2.03. The number of aliphatic hydroxyl groups is 2. The summed E-state index contributed by atoms with van der Waals surface area (Å²) >= 11 is 0. The molecule has 0 aromatic heterocycles. The van der Waals surface area contributed by atoms with E-state index >= 15 is 0 Å². The second-order valence-corrected chi connectivity index (χ2v) is 3.60. The van der Waals surface area contributed by atoms with Gasteiger partial charge in [0.05, 0.1) is 12.7 Å². The Balaban J connectivity index is 3.49. The van der Waals surface area contributed by atoms with Crippen molar-refractivity contribution in [1.82, 2.24) is 5.32 Å². The number of nitrogens with one attached hydrogen (secondary N) is 1. The van der Waals surface area contributed by atoms with E-state index in [1.807, 2.05) is 6.92 Å². The topological polar surface area (TPSA) is 52.5 Å². The molecule has 0 aromatic rings. The van der Waals surface area contributed by atoms with Crippen molar-refractivity contribution in [3.05, 3.63) is 0 Å². The van der Waals surface area contributed by atoms with E-state index in [1.165, 1.54) is 0 Å². The molecule has 0 rings (SSSR count). The molecule has 0 amide bonds. The van der Waals surface area contributed by atoms with Gasteiger partial charge in [0, 0.05) is 13.1 Å². The lowest BCUT2D eigenvalue weighted by Gasteiger charge is -2.22. The van der Waals surface area contributed by atoms with Crippen molar-refractivity contribution in [2.75, 3.05) is 19.7 Å². The maximum atomic E-state index is 9.57. The standard InChI is InChI=1S/C9H21NO2/c1-7(2)8(3)9(12)6-10-4-5-11/h7-12H,4-6H2,1-3H3/t8-,9?/m0/s1. The Kier molecular flexibility index (Phi) is 6.34. The Labute approximate surface area is 74.8 Å². The zero-order chi connectivity index (χ0) is 9.56. The lowest BCUT2D eigenvalue weighted by atomic mass is 9.92. The fraction of sp³-hybridized carbons (Fsp3) is 1.00. The number of hydrogen-bond acceptors (Lipinski definition) is 3. The first-order chi connectivity index (χ1) is 5.59. The van der Waals surface area contributed by atoms with E-state index < -0.39 is 0 Å². The van der Waals surface area contributed by atoms with Crippen molar-refractivity contribution in [3.8, 4) is 0 Å². The Morgan fingerprint density at radius 3 is 2.25 bits per heavy atom. The third-order valence-corrected chi connectivity index (χ3v) is 2.30. The van der Waals surface area contributed by atoms with Crippen molar-refractivity contribution in [1.29, 1.82) is 0 Å². The summed E-state index contributed by atoms with van der Waals surface area (Å²) in [6, 6.07) is 0. The molecule has 0 aromatic carbocycles. The molecule has 74 valence electrons. The number of aliphatic hydroxyl groups excluding tert-OH is 2. The highest BCUT2D eigenvalue weighted by Gasteiger charge is 2.16. The molecule has 2 atom stereocenters. The quantitative estimate of drug-likeness (QED) is 0.506. The summed E-state index contributed by atoms with van der Waals surface area (Å²) in [5.74, 6) is 0.798. The summed E-state index contributed by atoms with van der Waals surface area (Å²) < 4.78 is 0. The van der Waals surface area contributed by atoms with Gasteiger partial charge in [0.1, 0.15) is 0 Å². The van der Waals surface area contributed by atoms with Crippen LogP contribution in [0.5, 0.6) is 0 Å². The van der Waals surface area contributed by atoms with Crippen molar-refractivity contribution in [3.63, 3.8) is 0 Å². The SMILES string of the molecule is CC(C)[C@H](C)C(O)CNCCO. The summed E-state index contributed by atoms with van der Waals surface area (Å²) in [4.78, 5) is 0. The monoisotopic (exact) mass is 175 g/mol. The minimum absolute atomic E-state index is 0.128. The minimum Gasteiger partial charge on any atom is -0.395 e. The summed E-state index contributed by atoms with van der Waals surface area (Å²) in [6.07, 6.45) is -0.309. The van der Waals surface area contributed by atoms with Gasteiger partial charge in [0.2, 0.25) is 0 Å². The fourth-order valence-electron chi connectivity index (χ4n) is 0.959. The normalized spacial score (nSPS) is 16.5. The van der Waals surface area contributed by atoms with Crippen LogP contribution in [0.3, 0.4) is 0 Å². The summed E-state index contributed by atoms with van der Waals surface area (Å²) in [7, 11) is 0. The molecule has 3 N–H and O–H groups in total. The molecular weight excluding hydrogens is 154 g/mol. The molecule has 0 aliphatic carbocycles. The molecule has 1 unspecified atom stereocenters. The second-order valence-electron chi connectivity index (χ2n) is 3.60. The minimum atomic E-state index is -0.309. The highest BCUT2D eigenvalue weighted by atomic mass is 16.3. The van der Waals surface area contributed by atoms with Gasteiger partial charge in [0.25, 0.3) is 0 Å². The van der Waals surface area contributed by atoms with Crippen LogP contribution in [-0.4, -0.2) is 36.0 Å². The second kappa shape index (κ2) is 6.40. The molecule has 0 radical (unpaired) electrons. The van der Waals surface area contributed by atoms with Crippen LogP contribution in [0, 0.1) is 11.8 Å². The smallest absolute Gasteiger partial charge is 0.0692 e. The van der Waals surface area contributed by atoms with Crippen molar-refractivity contribution in [2.24, 2.45) is 11.8 Å². The summed E-state index contributed by atoms with van der Waals surface area (Å²) in [5, 5.41) is 21.0. The molecule has 0 bridgehead atoms. The number of hydrogen-bond donors (Lipinski definition) is 3.